The van der Waals surface area contributed by atoms with Crippen LogP contribution in [0.1, 0.15) is 22.8 Å². The van der Waals surface area contributed by atoms with Crippen LogP contribution < -0.4 is 15.4 Å². The number of anilines is 3. The highest BCUT2D eigenvalue weighted by Gasteiger charge is 2.09. The fourth-order valence-corrected chi connectivity index (χ4v) is 2.56. The van der Waals surface area contributed by atoms with E-state index >= 15 is 0 Å². The number of rotatable bonds is 6. The lowest BCUT2D eigenvalue weighted by Crippen LogP contribution is -2.13. The standard InChI is InChI=1S/C21H21N3O2/c1-3-26-19-11-7-6-10-18(19)24-20-13-12-16(14-22-20)23-21(25)17-9-5-4-8-15(17)2/h4-14H,3H2,1-2H3,(H,22,24)(H,23,25). The molecule has 1 amide bonds. The minimum Gasteiger partial charge on any atom is -0.492 e. The van der Waals surface area contributed by atoms with Crippen LogP contribution >= 0.6 is 0 Å². The Hall–Kier alpha value is -3.34. The van der Waals surface area contributed by atoms with E-state index in [9.17, 15) is 4.79 Å². The number of hydrogen-bond acceptors (Lipinski definition) is 4. The van der Waals surface area contributed by atoms with E-state index < -0.39 is 0 Å². The quantitative estimate of drug-likeness (QED) is 0.673. The number of aryl methyl sites for hydroxylation is 1. The first-order valence-electron chi connectivity index (χ1n) is 8.49. The predicted molar refractivity (Wildman–Crippen MR) is 104 cm³/mol. The summed E-state index contributed by atoms with van der Waals surface area (Å²) >= 11 is 0. The maximum atomic E-state index is 12.4. The molecule has 0 atom stereocenters. The van der Waals surface area contributed by atoms with E-state index in [0.29, 0.717) is 23.7 Å². The molecule has 26 heavy (non-hydrogen) atoms. The monoisotopic (exact) mass is 347 g/mol. The van der Waals surface area contributed by atoms with Crippen molar-refractivity contribution in [2.24, 2.45) is 0 Å². The third kappa shape index (κ3) is 4.19. The average Bonchev–Trinajstić information content (AvgIpc) is 2.65. The van der Waals surface area contributed by atoms with Gasteiger partial charge in [0, 0.05) is 5.56 Å². The first-order valence-corrected chi connectivity index (χ1v) is 8.49. The van der Waals surface area contributed by atoms with Gasteiger partial charge in [0.25, 0.3) is 5.91 Å². The van der Waals surface area contributed by atoms with Gasteiger partial charge in [-0.1, -0.05) is 30.3 Å². The highest BCUT2D eigenvalue weighted by Crippen LogP contribution is 2.27. The molecule has 2 N–H and O–H groups in total. The van der Waals surface area contributed by atoms with Gasteiger partial charge in [-0.2, -0.15) is 0 Å². The van der Waals surface area contributed by atoms with E-state index in [1.54, 1.807) is 12.3 Å². The predicted octanol–water partition coefficient (Wildman–Crippen LogP) is 4.78. The van der Waals surface area contributed by atoms with Crippen LogP contribution in [0.2, 0.25) is 0 Å². The Morgan fingerprint density at radius 3 is 2.54 bits per heavy atom. The lowest BCUT2D eigenvalue weighted by molar-refractivity contribution is 0.102. The fraction of sp³-hybridized carbons (Fsp3) is 0.143. The Morgan fingerprint density at radius 2 is 1.81 bits per heavy atom. The Labute approximate surface area is 153 Å². The normalized spacial score (nSPS) is 10.2. The smallest absolute Gasteiger partial charge is 0.255 e. The molecule has 0 fully saturated rings. The van der Waals surface area contributed by atoms with Crippen LogP contribution in [0.5, 0.6) is 5.75 Å². The van der Waals surface area contributed by atoms with Crippen molar-refractivity contribution in [3.8, 4) is 5.75 Å². The van der Waals surface area contributed by atoms with Crippen molar-refractivity contribution in [1.82, 2.24) is 4.98 Å². The van der Waals surface area contributed by atoms with Crippen molar-refractivity contribution in [2.45, 2.75) is 13.8 Å². The number of para-hydroxylation sites is 2. The number of ether oxygens (including phenoxy) is 1. The van der Waals surface area contributed by atoms with Crippen LogP contribution in [0, 0.1) is 6.92 Å². The number of hydrogen-bond donors (Lipinski definition) is 2. The Morgan fingerprint density at radius 1 is 1.04 bits per heavy atom. The number of amides is 1. The molecule has 0 aliphatic carbocycles. The number of carbonyl (C=O) groups is 1. The second-order valence-corrected chi connectivity index (χ2v) is 5.76. The van der Waals surface area contributed by atoms with Gasteiger partial charge in [-0.25, -0.2) is 4.98 Å². The van der Waals surface area contributed by atoms with Gasteiger partial charge in [-0.15, -0.1) is 0 Å². The third-order valence-corrected chi connectivity index (χ3v) is 3.86. The molecule has 1 aromatic heterocycles. The van der Waals surface area contributed by atoms with E-state index in [0.717, 1.165) is 17.0 Å². The van der Waals surface area contributed by atoms with Gasteiger partial charge < -0.3 is 15.4 Å². The largest absolute Gasteiger partial charge is 0.492 e. The zero-order chi connectivity index (χ0) is 18.4. The molecular weight excluding hydrogens is 326 g/mol. The van der Waals surface area contributed by atoms with Gasteiger partial charge in [0.15, 0.2) is 0 Å². The molecule has 0 aliphatic heterocycles. The maximum absolute atomic E-state index is 12.4. The van der Waals surface area contributed by atoms with E-state index in [4.69, 9.17) is 4.74 Å². The molecular formula is C21H21N3O2. The summed E-state index contributed by atoms with van der Waals surface area (Å²) < 4.78 is 5.60. The molecule has 5 heteroatoms. The number of pyridine rings is 1. The second kappa shape index (κ2) is 8.16. The van der Waals surface area contributed by atoms with E-state index in [2.05, 4.69) is 15.6 Å². The number of benzene rings is 2. The Kier molecular flexibility index (Phi) is 5.49. The summed E-state index contributed by atoms with van der Waals surface area (Å²) in [5.74, 6) is 1.30. The van der Waals surface area contributed by atoms with Crippen molar-refractivity contribution in [3.05, 3.63) is 78.0 Å². The molecule has 5 nitrogen and oxygen atoms in total. The molecule has 0 saturated heterocycles. The van der Waals surface area contributed by atoms with Crippen molar-refractivity contribution >= 4 is 23.1 Å². The molecule has 0 saturated carbocycles. The van der Waals surface area contributed by atoms with Gasteiger partial charge in [0.1, 0.15) is 11.6 Å². The highest BCUT2D eigenvalue weighted by atomic mass is 16.5. The van der Waals surface area contributed by atoms with Crippen LogP contribution in [0.4, 0.5) is 17.2 Å². The maximum Gasteiger partial charge on any atom is 0.255 e. The van der Waals surface area contributed by atoms with Gasteiger partial charge >= 0.3 is 0 Å². The van der Waals surface area contributed by atoms with E-state index in [1.807, 2.05) is 68.4 Å². The summed E-state index contributed by atoms with van der Waals surface area (Å²) in [6.07, 6.45) is 1.63. The summed E-state index contributed by atoms with van der Waals surface area (Å²) in [5.41, 5.74) is 3.07. The van der Waals surface area contributed by atoms with Crippen molar-refractivity contribution in [1.29, 1.82) is 0 Å². The summed E-state index contributed by atoms with van der Waals surface area (Å²) in [7, 11) is 0. The van der Waals surface area contributed by atoms with Gasteiger partial charge in [-0.05, 0) is 49.7 Å². The second-order valence-electron chi connectivity index (χ2n) is 5.76. The first-order chi connectivity index (χ1) is 12.7. The topological polar surface area (TPSA) is 63.2 Å². The molecule has 0 aliphatic rings. The van der Waals surface area contributed by atoms with Gasteiger partial charge in [0.05, 0.1) is 24.2 Å². The number of carbonyl (C=O) groups excluding carboxylic acids is 1. The molecule has 3 aromatic rings. The average molecular weight is 347 g/mol. The van der Waals surface area contributed by atoms with Gasteiger partial charge in [-0.3, -0.25) is 4.79 Å². The number of aromatic nitrogens is 1. The lowest BCUT2D eigenvalue weighted by Gasteiger charge is -2.12. The molecule has 0 spiro atoms. The zero-order valence-corrected chi connectivity index (χ0v) is 14.8. The number of nitrogens with zero attached hydrogens (tertiary/aromatic N) is 1. The van der Waals surface area contributed by atoms with Crippen molar-refractivity contribution < 1.29 is 9.53 Å². The van der Waals surface area contributed by atoms with Crippen LogP contribution in [0.25, 0.3) is 0 Å². The van der Waals surface area contributed by atoms with E-state index in [-0.39, 0.29) is 5.91 Å². The first kappa shape index (κ1) is 17.5. The molecule has 0 bridgehead atoms. The Balaban J connectivity index is 1.69. The van der Waals surface area contributed by atoms with Crippen molar-refractivity contribution in [2.75, 3.05) is 17.2 Å². The molecule has 3 rings (SSSR count). The zero-order valence-electron chi connectivity index (χ0n) is 14.8. The highest BCUT2D eigenvalue weighted by molar-refractivity contribution is 6.05. The van der Waals surface area contributed by atoms with Crippen LogP contribution in [-0.4, -0.2) is 17.5 Å². The SMILES string of the molecule is CCOc1ccccc1Nc1ccc(NC(=O)c2ccccc2C)cn1. The van der Waals surface area contributed by atoms with E-state index in [1.165, 1.54) is 0 Å². The summed E-state index contributed by atoms with van der Waals surface area (Å²) in [5, 5.41) is 6.10. The van der Waals surface area contributed by atoms with Gasteiger partial charge in [0.2, 0.25) is 0 Å². The summed E-state index contributed by atoms with van der Waals surface area (Å²) in [6, 6.07) is 18.8. The minimum absolute atomic E-state index is 0.146. The van der Waals surface area contributed by atoms with Crippen LogP contribution in [-0.2, 0) is 0 Å². The Bertz CT molecular complexity index is 892. The molecule has 132 valence electrons. The van der Waals surface area contributed by atoms with Crippen molar-refractivity contribution in [3.63, 3.8) is 0 Å². The molecule has 0 unspecified atom stereocenters. The molecule has 2 aromatic carbocycles. The van der Waals surface area contributed by atoms with Crippen LogP contribution in [0.3, 0.4) is 0 Å². The summed E-state index contributed by atoms with van der Waals surface area (Å²) in [6.45, 7) is 4.45. The molecule has 0 radical (unpaired) electrons. The minimum atomic E-state index is -0.146. The van der Waals surface area contributed by atoms with Crippen LogP contribution in [0.15, 0.2) is 66.9 Å². The third-order valence-electron chi connectivity index (χ3n) is 3.86. The lowest BCUT2D eigenvalue weighted by atomic mass is 10.1. The summed E-state index contributed by atoms with van der Waals surface area (Å²) in [4.78, 5) is 16.7. The molecule has 1 heterocycles. The number of nitrogens with one attached hydrogen (secondary N) is 2. The fourth-order valence-electron chi connectivity index (χ4n) is 2.56.